The third-order valence-corrected chi connectivity index (χ3v) is 5.02. The van der Waals surface area contributed by atoms with Crippen molar-refractivity contribution in [3.8, 4) is 0 Å². The first-order valence-corrected chi connectivity index (χ1v) is 9.17. The van der Waals surface area contributed by atoms with Gasteiger partial charge in [0.15, 0.2) is 5.11 Å². The molecular weight excluding hydrogens is 405 g/mol. The molecule has 0 radical (unpaired) electrons. The monoisotopic (exact) mass is 424 g/mol. The van der Waals surface area contributed by atoms with Crippen LogP contribution in [-0.2, 0) is 10.3 Å². The Morgan fingerprint density at radius 3 is 2.41 bits per heavy atom. The molecule has 3 N–H and O–H groups in total. The zero-order valence-corrected chi connectivity index (χ0v) is 16.2. The summed E-state index contributed by atoms with van der Waals surface area (Å²) in [5, 5.41) is 15.0. The second kappa shape index (κ2) is 8.10. The van der Waals surface area contributed by atoms with E-state index in [2.05, 4.69) is 10.6 Å². The van der Waals surface area contributed by atoms with Crippen molar-refractivity contribution in [3.63, 3.8) is 0 Å². The number of carbonyl (C=O) groups is 1. The predicted octanol–water partition coefficient (Wildman–Crippen LogP) is 2.74. The van der Waals surface area contributed by atoms with Gasteiger partial charge in [0.05, 0.1) is 5.54 Å². The molecule has 1 fully saturated rings. The number of alkyl halides is 2. The molecule has 0 bridgehead atoms. The maximum Gasteiger partial charge on any atom is 0.298 e. The van der Waals surface area contributed by atoms with E-state index in [4.69, 9.17) is 17.0 Å². The summed E-state index contributed by atoms with van der Waals surface area (Å²) in [5.41, 5.74) is -1.41. The van der Waals surface area contributed by atoms with Crippen LogP contribution in [0.1, 0.15) is 22.8 Å². The Morgan fingerprint density at radius 1 is 1.21 bits per heavy atom. The van der Waals surface area contributed by atoms with E-state index < -0.39 is 42.0 Å². The van der Waals surface area contributed by atoms with Crippen molar-refractivity contribution in [1.82, 2.24) is 10.6 Å². The highest BCUT2D eigenvalue weighted by atomic mass is 32.1. The van der Waals surface area contributed by atoms with Crippen molar-refractivity contribution in [3.05, 3.63) is 71.5 Å². The number of benzene rings is 2. The van der Waals surface area contributed by atoms with Crippen molar-refractivity contribution in [1.29, 1.82) is 0 Å². The minimum absolute atomic E-state index is 0.0435. The summed E-state index contributed by atoms with van der Waals surface area (Å²) >= 11 is 5.16. The van der Waals surface area contributed by atoms with Gasteiger partial charge in [-0.1, -0.05) is 36.4 Å². The predicted molar refractivity (Wildman–Crippen MR) is 104 cm³/mol. The van der Waals surface area contributed by atoms with E-state index in [1.807, 2.05) is 0 Å². The van der Waals surface area contributed by atoms with Crippen LogP contribution in [0.2, 0.25) is 0 Å². The van der Waals surface area contributed by atoms with Crippen LogP contribution in [0.25, 0.3) is 0 Å². The van der Waals surface area contributed by atoms with Crippen LogP contribution < -0.4 is 10.6 Å². The van der Waals surface area contributed by atoms with Gasteiger partial charge in [-0.05, 0) is 37.3 Å². The third-order valence-electron chi connectivity index (χ3n) is 4.81. The average Bonchev–Trinajstić information content (AvgIpc) is 2.96. The molecule has 9 heteroatoms. The normalized spacial score (nSPS) is 22.5. The Balaban J connectivity index is 1.89. The van der Waals surface area contributed by atoms with E-state index in [-0.39, 0.29) is 10.7 Å². The third kappa shape index (κ3) is 4.26. The molecule has 1 heterocycles. The van der Waals surface area contributed by atoms with Gasteiger partial charge in [0.2, 0.25) is 0 Å². The lowest BCUT2D eigenvalue weighted by Crippen LogP contribution is -2.59. The van der Waals surface area contributed by atoms with Crippen LogP contribution in [0.5, 0.6) is 0 Å². The quantitative estimate of drug-likeness (QED) is 0.659. The van der Waals surface area contributed by atoms with Crippen LogP contribution in [0.15, 0.2) is 54.6 Å². The summed E-state index contributed by atoms with van der Waals surface area (Å²) in [6.07, 6.45) is -3.73. The van der Waals surface area contributed by atoms with Crippen molar-refractivity contribution >= 4 is 23.2 Å². The molecule has 0 saturated carbocycles. The van der Waals surface area contributed by atoms with Gasteiger partial charge in [0.1, 0.15) is 24.6 Å². The van der Waals surface area contributed by atoms with E-state index in [0.717, 1.165) is 6.07 Å². The Labute approximate surface area is 170 Å². The lowest BCUT2D eigenvalue weighted by molar-refractivity contribution is -0.0882. The number of carbonyl (C=O) groups excluding carboxylic acids is 1. The van der Waals surface area contributed by atoms with Gasteiger partial charge in [-0.2, -0.15) is 0 Å². The maximum absolute atomic E-state index is 14.5. The highest BCUT2D eigenvalue weighted by Gasteiger charge is 2.58. The summed E-state index contributed by atoms with van der Waals surface area (Å²) in [7, 11) is 0. The van der Waals surface area contributed by atoms with Crippen LogP contribution in [0.4, 0.5) is 13.2 Å². The standard InChI is InChI=1S/C20H19F3N2O3S/c1-19(13-9-5-6-10-14(13)21,16-15(26)20(22,23)11-28-16)25-18(29)24-17(27)12-7-3-2-4-8-12/h2-10,15-16,26H,11H2,1H3,(H2,24,25,27,29)/t15-,16-,19+/m0/s1. The number of amides is 1. The zero-order chi connectivity index (χ0) is 21.2. The van der Waals surface area contributed by atoms with Gasteiger partial charge in [-0.3, -0.25) is 10.1 Å². The molecule has 3 rings (SSSR count). The number of hydrogen-bond donors (Lipinski definition) is 3. The Morgan fingerprint density at radius 2 is 1.83 bits per heavy atom. The minimum atomic E-state index is -3.51. The lowest BCUT2D eigenvalue weighted by atomic mass is 9.83. The molecule has 154 valence electrons. The first kappa shape index (κ1) is 21.2. The van der Waals surface area contributed by atoms with E-state index in [1.54, 1.807) is 30.3 Å². The molecule has 2 aromatic rings. The fraction of sp³-hybridized carbons (Fsp3) is 0.300. The van der Waals surface area contributed by atoms with Crippen molar-refractivity contribution in [2.75, 3.05) is 6.61 Å². The number of ether oxygens (including phenoxy) is 1. The zero-order valence-electron chi connectivity index (χ0n) is 15.4. The molecule has 1 amide bonds. The molecule has 0 aromatic heterocycles. The average molecular weight is 424 g/mol. The number of hydrogen-bond acceptors (Lipinski definition) is 4. The Kier molecular flexibility index (Phi) is 5.92. The van der Waals surface area contributed by atoms with E-state index >= 15 is 0 Å². The molecule has 1 aliphatic heterocycles. The van der Waals surface area contributed by atoms with Crippen LogP contribution >= 0.6 is 12.2 Å². The van der Waals surface area contributed by atoms with Gasteiger partial charge in [-0.15, -0.1) is 0 Å². The molecule has 1 aliphatic rings. The largest absolute Gasteiger partial charge is 0.384 e. The molecule has 1 saturated heterocycles. The SMILES string of the molecule is C[C@@](NC(=S)NC(=O)c1ccccc1)(c1ccccc1F)[C@H]1OCC(F)(F)[C@H]1O. The fourth-order valence-corrected chi connectivity index (χ4v) is 3.59. The highest BCUT2D eigenvalue weighted by molar-refractivity contribution is 7.80. The Hall–Kier alpha value is -2.49. The summed E-state index contributed by atoms with van der Waals surface area (Å²) in [6, 6.07) is 13.7. The number of nitrogens with one attached hydrogen (secondary N) is 2. The van der Waals surface area contributed by atoms with Crippen LogP contribution in [-0.4, -0.2) is 40.9 Å². The topological polar surface area (TPSA) is 70.6 Å². The van der Waals surface area contributed by atoms with Gasteiger partial charge in [0.25, 0.3) is 11.8 Å². The van der Waals surface area contributed by atoms with Crippen LogP contribution in [0, 0.1) is 5.82 Å². The number of rotatable bonds is 4. The highest BCUT2D eigenvalue weighted by Crippen LogP contribution is 2.40. The molecule has 2 aromatic carbocycles. The van der Waals surface area contributed by atoms with Crippen molar-refractivity contribution in [2.45, 2.75) is 30.6 Å². The minimum Gasteiger partial charge on any atom is -0.384 e. The first-order valence-electron chi connectivity index (χ1n) is 8.76. The van der Waals surface area contributed by atoms with Crippen LogP contribution in [0.3, 0.4) is 0 Å². The van der Waals surface area contributed by atoms with Crippen molar-refractivity contribution < 1.29 is 27.8 Å². The summed E-state index contributed by atoms with van der Waals surface area (Å²) in [6.45, 7) is 0.357. The molecule has 29 heavy (non-hydrogen) atoms. The molecule has 5 nitrogen and oxygen atoms in total. The van der Waals surface area contributed by atoms with Gasteiger partial charge in [0, 0.05) is 11.1 Å². The van der Waals surface area contributed by atoms with E-state index in [1.165, 1.54) is 25.1 Å². The molecule has 0 aliphatic carbocycles. The maximum atomic E-state index is 14.5. The second-order valence-electron chi connectivity index (χ2n) is 6.89. The fourth-order valence-electron chi connectivity index (χ4n) is 3.29. The first-order chi connectivity index (χ1) is 13.6. The molecule has 0 spiro atoms. The van der Waals surface area contributed by atoms with Crippen molar-refractivity contribution in [2.24, 2.45) is 0 Å². The Bertz CT molecular complexity index is 913. The summed E-state index contributed by atoms with van der Waals surface area (Å²) < 4.78 is 47.5. The molecular formula is C20H19F3N2O3S. The smallest absolute Gasteiger partial charge is 0.298 e. The number of halogens is 3. The second-order valence-corrected chi connectivity index (χ2v) is 7.30. The van der Waals surface area contributed by atoms with Gasteiger partial charge < -0.3 is 15.2 Å². The van der Waals surface area contributed by atoms with E-state index in [9.17, 15) is 23.1 Å². The number of aliphatic hydroxyl groups excluding tert-OH is 1. The number of thiocarbonyl (C=S) groups is 1. The molecule has 3 atom stereocenters. The summed E-state index contributed by atoms with van der Waals surface area (Å²) in [4.78, 5) is 12.3. The van der Waals surface area contributed by atoms with E-state index in [0.29, 0.717) is 5.56 Å². The summed E-state index contributed by atoms with van der Waals surface area (Å²) in [5.74, 6) is -4.74. The lowest BCUT2D eigenvalue weighted by Gasteiger charge is -2.38. The van der Waals surface area contributed by atoms with Gasteiger partial charge in [-0.25, -0.2) is 13.2 Å². The number of aliphatic hydroxyl groups is 1. The van der Waals surface area contributed by atoms with Gasteiger partial charge >= 0.3 is 0 Å². The molecule has 0 unspecified atom stereocenters.